The number of imidazole rings is 1. The van der Waals surface area contributed by atoms with Gasteiger partial charge in [0.25, 0.3) is 0 Å². The van der Waals surface area contributed by atoms with Crippen molar-refractivity contribution >= 4 is 18.4 Å². The minimum Gasteiger partial charge on any atom is -0.480 e. The lowest BCUT2D eigenvalue weighted by Crippen LogP contribution is -2.27. The topological polar surface area (TPSA) is 75.2 Å². The first-order valence-corrected chi connectivity index (χ1v) is 4.32. The van der Waals surface area contributed by atoms with E-state index in [4.69, 9.17) is 9.84 Å². The third-order valence-corrected chi connectivity index (χ3v) is 1.83. The van der Waals surface area contributed by atoms with Crippen LogP contribution in [0.4, 0.5) is 0 Å². The lowest BCUT2D eigenvalue weighted by molar-refractivity contribution is -0.142. The molecule has 0 aliphatic rings. The van der Waals surface area contributed by atoms with Crippen LogP contribution < -0.4 is 0 Å². The van der Waals surface area contributed by atoms with Gasteiger partial charge in [0.15, 0.2) is 0 Å². The van der Waals surface area contributed by atoms with Gasteiger partial charge in [0.05, 0.1) is 6.61 Å². The zero-order valence-electron chi connectivity index (χ0n) is 8.69. The van der Waals surface area contributed by atoms with Crippen molar-refractivity contribution in [1.82, 2.24) is 9.97 Å². The Kier molecular flexibility index (Phi) is 5.32. The zero-order chi connectivity index (χ0) is 10.6. The molecule has 0 radical (unpaired) electrons. The Labute approximate surface area is 94.3 Å². The number of hydrogen-bond donors (Lipinski definition) is 2. The van der Waals surface area contributed by atoms with E-state index < -0.39 is 5.97 Å². The molecule has 86 valence electrons. The van der Waals surface area contributed by atoms with E-state index in [0.29, 0.717) is 6.61 Å². The molecular formula is C9H15ClN2O3. The van der Waals surface area contributed by atoms with Crippen LogP contribution in [0.1, 0.15) is 19.7 Å². The number of carboxylic acid groups (broad SMARTS) is 1. The number of rotatable bonds is 5. The predicted octanol–water partition coefficient (Wildman–Crippen LogP) is 1.21. The Balaban J connectivity index is 0.00000196. The summed E-state index contributed by atoms with van der Waals surface area (Å²) in [7, 11) is 0. The molecule has 5 nitrogen and oxygen atoms in total. The van der Waals surface area contributed by atoms with Gasteiger partial charge in [-0.05, 0) is 0 Å². The molecule has 1 heterocycles. The number of aromatic amines is 1. The molecule has 1 rings (SSSR count). The second-order valence-corrected chi connectivity index (χ2v) is 3.71. The highest BCUT2D eigenvalue weighted by molar-refractivity contribution is 5.85. The normalized spacial score (nSPS) is 10.8. The summed E-state index contributed by atoms with van der Waals surface area (Å²) in [6.07, 6.45) is 3.39. The largest absolute Gasteiger partial charge is 0.480 e. The van der Waals surface area contributed by atoms with Gasteiger partial charge in [0.1, 0.15) is 12.4 Å². The highest BCUT2D eigenvalue weighted by atomic mass is 35.5. The maximum absolute atomic E-state index is 10.2. The van der Waals surface area contributed by atoms with Crippen LogP contribution in [0.25, 0.3) is 0 Å². The van der Waals surface area contributed by atoms with Crippen LogP contribution in [0.15, 0.2) is 12.4 Å². The molecule has 0 aliphatic carbocycles. The molecule has 6 heteroatoms. The number of carbonyl (C=O) groups is 1. The first-order chi connectivity index (χ1) is 6.52. The van der Waals surface area contributed by atoms with Crippen molar-refractivity contribution < 1.29 is 14.6 Å². The van der Waals surface area contributed by atoms with E-state index in [1.54, 1.807) is 12.4 Å². The SMILES string of the molecule is CC(C)(COCC(=O)O)c1ncc[nH]1.Cl. The minimum atomic E-state index is -0.958. The van der Waals surface area contributed by atoms with E-state index in [1.165, 1.54) is 0 Å². The summed E-state index contributed by atoms with van der Waals surface area (Å²) >= 11 is 0. The number of aliphatic carboxylic acids is 1. The first-order valence-electron chi connectivity index (χ1n) is 4.32. The number of carboxylic acids is 1. The van der Waals surface area contributed by atoms with E-state index in [9.17, 15) is 4.79 Å². The molecule has 0 fully saturated rings. The van der Waals surface area contributed by atoms with Gasteiger partial charge in [-0.1, -0.05) is 13.8 Å². The Morgan fingerprint density at radius 1 is 1.67 bits per heavy atom. The molecule has 0 saturated carbocycles. The summed E-state index contributed by atoms with van der Waals surface area (Å²) in [6, 6.07) is 0. The molecule has 0 spiro atoms. The van der Waals surface area contributed by atoms with Crippen LogP contribution in [0, 0.1) is 0 Å². The second kappa shape index (κ2) is 5.72. The van der Waals surface area contributed by atoms with Crippen molar-refractivity contribution in [2.24, 2.45) is 0 Å². The van der Waals surface area contributed by atoms with Crippen LogP contribution in [-0.4, -0.2) is 34.3 Å². The zero-order valence-corrected chi connectivity index (χ0v) is 9.50. The fraction of sp³-hybridized carbons (Fsp3) is 0.556. The monoisotopic (exact) mass is 234 g/mol. The van der Waals surface area contributed by atoms with Gasteiger partial charge in [0, 0.05) is 17.8 Å². The van der Waals surface area contributed by atoms with E-state index in [1.807, 2.05) is 13.8 Å². The molecule has 2 N–H and O–H groups in total. The first kappa shape index (κ1) is 13.9. The van der Waals surface area contributed by atoms with Gasteiger partial charge in [-0.25, -0.2) is 9.78 Å². The van der Waals surface area contributed by atoms with Crippen molar-refractivity contribution in [2.45, 2.75) is 19.3 Å². The maximum atomic E-state index is 10.2. The lowest BCUT2D eigenvalue weighted by Gasteiger charge is -2.21. The predicted molar refractivity (Wildman–Crippen MR) is 57.3 cm³/mol. The van der Waals surface area contributed by atoms with Crippen molar-refractivity contribution in [1.29, 1.82) is 0 Å². The van der Waals surface area contributed by atoms with Gasteiger partial charge in [0.2, 0.25) is 0 Å². The quantitative estimate of drug-likeness (QED) is 0.803. The highest BCUT2D eigenvalue weighted by Gasteiger charge is 2.23. The maximum Gasteiger partial charge on any atom is 0.329 e. The van der Waals surface area contributed by atoms with Crippen molar-refractivity contribution in [3.63, 3.8) is 0 Å². The third kappa shape index (κ3) is 4.31. The average molecular weight is 235 g/mol. The highest BCUT2D eigenvalue weighted by Crippen LogP contribution is 2.18. The number of nitrogens with one attached hydrogen (secondary N) is 1. The molecule has 0 unspecified atom stereocenters. The number of H-pyrrole nitrogens is 1. The fourth-order valence-corrected chi connectivity index (χ4v) is 1.10. The molecule has 0 aliphatic heterocycles. The van der Waals surface area contributed by atoms with Crippen LogP contribution in [0.5, 0.6) is 0 Å². The Bertz CT molecular complexity index is 298. The minimum absolute atomic E-state index is 0. The van der Waals surface area contributed by atoms with Crippen LogP contribution in [0.2, 0.25) is 0 Å². The summed E-state index contributed by atoms with van der Waals surface area (Å²) in [5.74, 6) is -0.164. The Morgan fingerprint density at radius 2 is 2.33 bits per heavy atom. The summed E-state index contributed by atoms with van der Waals surface area (Å²) in [4.78, 5) is 17.3. The summed E-state index contributed by atoms with van der Waals surface area (Å²) in [6.45, 7) is 3.93. The van der Waals surface area contributed by atoms with E-state index in [0.717, 1.165) is 5.82 Å². The molecule has 1 aromatic rings. The number of aromatic nitrogens is 2. The van der Waals surface area contributed by atoms with Crippen molar-refractivity contribution in [3.05, 3.63) is 18.2 Å². The summed E-state index contributed by atoms with van der Waals surface area (Å²) in [5, 5.41) is 8.39. The summed E-state index contributed by atoms with van der Waals surface area (Å²) in [5.41, 5.74) is -0.293. The Hall–Kier alpha value is -1.07. The van der Waals surface area contributed by atoms with E-state index >= 15 is 0 Å². The smallest absolute Gasteiger partial charge is 0.329 e. The fourth-order valence-electron chi connectivity index (χ4n) is 1.10. The van der Waals surface area contributed by atoms with Crippen LogP contribution in [0.3, 0.4) is 0 Å². The Morgan fingerprint density at radius 3 is 2.80 bits per heavy atom. The van der Waals surface area contributed by atoms with E-state index in [-0.39, 0.29) is 24.4 Å². The number of halogens is 1. The molecule has 0 saturated heterocycles. The number of nitrogens with zero attached hydrogens (tertiary/aromatic N) is 1. The number of ether oxygens (including phenoxy) is 1. The summed E-state index contributed by atoms with van der Waals surface area (Å²) < 4.78 is 5.02. The second-order valence-electron chi connectivity index (χ2n) is 3.71. The van der Waals surface area contributed by atoms with Gasteiger partial charge in [-0.2, -0.15) is 0 Å². The van der Waals surface area contributed by atoms with Crippen molar-refractivity contribution in [3.8, 4) is 0 Å². The van der Waals surface area contributed by atoms with E-state index in [2.05, 4.69) is 9.97 Å². The third-order valence-electron chi connectivity index (χ3n) is 1.83. The molecular weight excluding hydrogens is 220 g/mol. The van der Waals surface area contributed by atoms with Gasteiger partial charge in [-0.3, -0.25) is 0 Å². The van der Waals surface area contributed by atoms with Crippen LogP contribution >= 0.6 is 12.4 Å². The van der Waals surface area contributed by atoms with Gasteiger partial charge in [-0.15, -0.1) is 12.4 Å². The number of hydrogen-bond acceptors (Lipinski definition) is 3. The average Bonchev–Trinajstić information content (AvgIpc) is 2.54. The van der Waals surface area contributed by atoms with Crippen molar-refractivity contribution in [2.75, 3.05) is 13.2 Å². The molecule has 15 heavy (non-hydrogen) atoms. The molecule has 0 bridgehead atoms. The molecule has 0 atom stereocenters. The van der Waals surface area contributed by atoms with Crippen LogP contribution in [-0.2, 0) is 14.9 Å². The molecule has 0 amide bonds. The van der Waals surface area contributed by atoms with Gasteiger partial charge < -0.3 is 14.8 Å². The standard InChI is InChI=1S/C9H14N2O3.ClH/c1-9(2,6-14-5-7(12)13)8-10-3-4-11-8;/h3-4H,5-6H2,1-2H3,(H,10,11)(H,12,13);1H. The van der Waals surface area contributed by atoms with Gasteiger partial charge >= 0.3 is 5.97 Å². The lowest BCUT2D eigenvalue weighted by atomic mass is 9.94. The molecule has 0 aromatic carbocycles. The molecule has 1 aromatic heterocycles.